The Morgan fingerprint density at radius 3 is 2.00 bits per heavy atom. The first-order valence-corrected chi connectivity index (χ1v) is 7.76. The summed E-state index contributed by atoms with van der Waals surface area (Å²) in [7, 11) is 0. The third-order valence-corrected chi connectivity index (χ3v) is 4.08. The molecule has 2 aliphatic heterocycles. The van der Waals surface area contributed by atoms with Gasteiger partial charge in [0.2, 0.25) is 0 Å². The van der Waals surface area contributed by atoms with Crippen molar-refractivity contribution in [2.24, 2.45) is 0 Å². The van der Waals surface area contributed by atoms with Crippen LogP contribution in [0.1, 0.15) is 31.5 Å². The summed E-state index contributed by atoms with van der Waals surface area (Å²) in [5, 5.41) is 0. The summed E-state index contributed by atoms with van der Waals surface area (Å²) in [5.41, 5.74) is 0. The molecule has 1 aromatic rings. The minimum Gasteiger partial charge on any atom is -0.378 e. The lowest BCUT2D eigenvalue weighted by molar-refractivity contribution is 0.122. The second-order valence-corrected chi connectivity index (χ2v) is 5.63. The maximum absolute atomic E-state index is 5.42. The topological polar surface area (TPSA) is 41.5 Å². The zero-order chi connectivity index (χ0) is 13.8. The van der Waals surface area contributed by atoms with Crippen LogP contribution in [0.25, 0.3) is 0 Å². The molecule has 110 valence electrons. The average Bonchev–Trinajstić information content (AvgIpc) is 2.77. The van der Waals surface area contributed by atoms with Crippen LogP contribution in [0.4, 0.5) is 11.6 Å². The van der Waals surface area contributed by atoms with Crippen LogP contribution in [-0.4, -0.2) is 49.4 Å². The van der Waals surface area contributed by atoms with Crippen molar-refractivity contribution in [3.8, 4) is 0 Å². The maximum atomic E-state index is 5.42. The first-order chi connectivity index (χ1) is 9.83. The van der Waals surface area contributed by atoms with Crippen LogP contribution >= 0.6 is 0 Å². The van der Waals surface area contributed by atoms with Crippen LogP contribution in [0.2, 0.25) is 0 Å². The molecule has 0 amide bonds. The van der Waals surface area contributed by atoms with Crippen molar-refractivity contribution in [2.45, 2.75) is 32.6 Å². The molecule has 5 heteroatoms. The lowest BCUT2D eigenvalue weighted by atomic mass is 10.2. The molecule has 1 aromatic heterocycles. The van der Waals surface area contributed by atoms with Crippen molar-refractivity contribution in [3.05, 3.63) is 11.9 Å². The van der Waals surface area contributed by atoms with Crippen LogP contribution in [0.3, 0.4) is 0 Å². The molecule has 0 aromatic carbocycles. The molecule has 3 rings (SSSR count). The highest BCUT2D eigenvalue weighted by Crippen LogP contribution is 2.22. The Morgan fingerprint density at radius 1 is 0.850 bits per heavy atom. The monoisotopic (exact) mass is 276 g/mol. The van der Waals surface area contributed by atoms with Gasteiger partial charge in [-0.2, -0.15) is 0 Å². The highest BCUT2D eigenvalue weighted by Gasteiger charge is 2.17. The zero-order valence-corrected chi connectivity index (χ0v) is 12.3. The van der Waals surface area contributed by atoms with Crippen molar-refractivity contribution in [2.75, 3.05) is 49.2 Å². The number of ether oxygens (including phenoxy) is 1. The molecule has 2 saturated heterocycles. The van der Waals surface area contributed by atoms with Crippen LogP contribution in [-0.2, 0) is 4.74 Å². The summed E-state index contributed by atoms with van der Waals surface area (Å²) >= 11 is 0. The minimum absolute atomic E-state index is 0.794. The summed E-state index contributed by atoms with van der Waals surface area (Å²) in [5.74, 6) is 3.02. The van der Waals surface area contributed by atoms with Gasteiger partial charge in [-0.05, 0) is 19.8 Å². The summed E-state index contributed by atoms with van der Waals surface area (Å²) in [6.07, 6.45) is 5.24. The number of aromatic nitrogens is 2. The lowest BCUT2D eigenvalue weighted by Crippen LogP contribution is -2.37. The van der Waals surface area contributed by atoms with Crippen molar-refractivity contribution in [3.63, 3.8) is 0 Å². The highest BCUT2D eigenvalue weighted by atomic mass is 16.5. The largest absolute Gasteiger partial charge is 0.378 e. The van der Waals surface area contributed by atoms with Crippen LogP contribution in [0.15, 0.2) is 6.07 Å². The van der Waals surface area contributed by atoms with Crippen molar-refractivity contribution in [1.29, 1.82) is 0 Å². The van der Waals surface area contributed by atoms with E-state index in [1.54, 1.807) is 0 Å². The smallest absolute Gasteiger partial charge is 0.134 e. The first kappa shape index (κ1) is 13.6. The maximum Gasteiger partial charge on any atom is 0.134 e. The van der Waals surface area contributed by atoms with Gasteiger partial charge in [-0.1, -0.05) is 12.8 Å². The van der Waals surface area contributed by atoms with E-state index >= 15 is 0 Å². The molecule has 0 atom stereocenters. The molecule has 5 nitrogen and oxygen atoms in total. The standard InChI is InChI=1S/C15H24N4O/c1-13-16-14(18-6-4-2-3-5-7-18)12-15(17-13)19-8-10-20-11-9-19/h12H,2-11H2,1H3. The van der Waals surface area contributed by atoms with Gasteiger partial charge in [0.05, 0.1) is 13.2 Å². The molecule has 0 unspecified atom stereocenters. The first-order valence-electron chi connectivity index (χ1n) is 7.76. The second kappa shape index (κ2) is 6.39. The van der Waals surface area contributed by atoms with Gasteiger partial charge < -0.3 is 14.5 Å². The molecule has 20 heavy (non-hydrogen) atoms. The van der Waals surface area contributed by atoms with E-state index in [1.807, 2.05) is 6.92 Å². The summed E-state index contributed by atoms with van der Waals surface area (Å²) in [6, 6.07) is 2.16. The van der Waals surface area contributed by atoms with Gasteiger partial charge in [0, 0.05) is 32.2 Å². The molecule has 0 radical (unpaired) electrons. The normalized spacial score (nSPS) is 20.9. The summed E-state index contributed by atoms with van der Waals surface area (Å²) in [4.78, 5) is 14.0. The van der Waals surface area contributed by atoms with E-state index in [9.17, 15) is 0 Å². The van der Waals surface area contributed by atoms with Gasteiger partial charge in [-0.3, -0.25) is 0 Å². The van der Waals surface area contributed by atoms with E-state index in [2.05, 4.69) is 25.8 Å². The quantitative estimate of drug-likeness (QED) is 0.826. The molecular weight excluding hydrogens is 252 g/mol. The molecule has 0 aliphatic carbocycles. The molecule has 0 spiro atoms. The van der Waals surface area contributed by atoms with E-state index in [1.165, 1.54) is 25.7 Å². The van der Waals surface area contributed by atoms with Crippen LogP contribution in [0.5, 0.6) is 0 Å². The fourth-order valence-electron chi connectivity index (χ4n) is 2.95. The molecule has 2 fully saturated rings. The number of morpholine rings is 1. The molecule has 0 N–H and O–H groups in total. The second-order valence-electron chi connectivity index (χ2n) is 5.63. The van der Waals surface area contributed by atoms with Crippen LogP contribution < -0.4 is 9.80 Å². The van der Waals surface area contributed by atoms with E-state index in [0.29, 0.717) is 0 Å². The van der Waals surface area contributed by atoms with E-state index in [-0.39, 0.29) is 0 Å². The summed E-state index contributed by atoms with van der Waals surface area (Å²) in [6.45, 7) is 7.68. The molecule has 0 bridgehead atoms. The number of hydrogen-bond acceptors (Lipinski definition) is 5. The summed E-state index contributed by atoms with van der Waals surface area (Å²) < 4.78 is 5.42. The van der Waals surface area contributed by atoms with E-state index in [0.717, 1.165) is 56.9 Å². The Balaban J connectivity index is 1.81. The Labute approximate surface area is 121 Å². The van der Waals surface area contributed by atoms with Crippen molar-refractivity contribution < 1.29 is 4.74 Å². The number of hydrogen-bond donors (Lipinski definition) is 0. The van der Waals surface area contributed by atoms with Gasteiger partial charge in [0.1, 0.15) is 17.5 Å². The van der Waals surface area contributed by atoms with Crippen molar-refractivity contribution >= 4 is 11.6 Å². The number of rotatable bonds is 2. The van der Waals surface area contributed by atoms with Gasteiger partial charge in [0.15, 0.2) is 0 Å². The third-order valence-electron chi connectivity index (χ3n) is 4.08. The molecular formula is C15H24N4O. The minimum atomic E-state index is 0.794. The Kier molecular flexibility index (Phi) is 4.35. The van der Waals surface area contributed by atoms with Gasteiger partial charge in [-0.15, -0.1) is 0 Å². The number of nitrogens with zero attached hydrogens (tertiary/aromatic N) is 4. The lowest BCUT2D eigenvalue weighted by Gasteiger charge is -2.29. The van der Waals surface area contributed by atoms with Gasteiger partial charge in [-0.25, -0.2) is 9.97 Å². The van der Waals surface area contributed by atoms with Crippen molar-refractivity contribution in [1.82, 2.24) is 9.97 Å². The Bertz CT molecular complexity index is 437. The fraction of sp³-hybridized carbons (Fsp3) is 0.733. The number of anilines is 2. The SMILES string of the molecule is Cc1nc(N2CCCCCC2)cc(N2CCOCC2)n1. The number of aryl methyl sites for hydroxylation is 1. The highest BCUT2D eigenvalue weighted by molar-refractivity contribution is 5.51. The molecule has 3 heterocycles. The predicted octanol–water partition coefficient (Wildman–Crippen LogP) is 2.00. The van der Waals surface area contributed by atoms with E-state index in [4.69, 9.17) is 4.74 Å². The van der Waals surface area contributed by atoms with E-state index < -0.39 is 0 Å². The predicted molar refractivity (Wildman–Crippen MR) is 80.5 cm³/mol. The van der Waals surface area contributed by atoms with Gasteiger partial charge >= 0.3 is 0 Å². The molecule has 0 saturated carbocycles. The Morgan fingerprint density at radius 2 is 1.40 bits per heavy atom. The van der Waals surface area contributed by atoms with Gasteiger partial charge in [0.25, 0.3) is 0 Å². The average molecular weight is 276 g/mol. The molecule has 2 aliphatic rings. The Hall–Kier alpha value is -1.36. The zero-order valence-electron chi connectivity index (χ0n) is 12.3. The fourth-order valence-corrected chi connectivity index (χ4v) is 2.95. The third kappa shape index (κ3) is 3.20. The van der Waals surface area contributed by atoms with Crippen LogP contribution in [0, 0.1) is 6.92 Å².